The van der Waals surface area contributed by atoms with Crippen molar-refractivity contribution >= 4 is 22.2 Å². The summed E-state index contributed by atoms with van der Waals surface area (Å²) in [4.78, 5) is 19.3. The molecule has 0 saturated heterocycles. The maximum Gasteiger partial charge on any atom is 0.309 e. The maximum absolute atomic E-state index is 10.9. The summed E-state index contributed by atoms with van der Waals surface area (Å²) in [6, 6.07) is 7.66. The lowest BCUT2D eigenvalue weighted by atomic mass is 10.2. The van der Waals surface area contributed by atoms with E-state index in [1.165, 1.54) is 10.9 Å². The van der Waals surface area contributed by atoms with Gasteiger partial charge >= 0.3 is 5.69 Å². The van der Waals surface area contributed by atoms with Crippen LogP contribution in [0.15, 0.2) is 36.8 Å². The van der Waals surface area contributed by atoms with Crippen molar-refractivity contribution in [2.75, 3.05) is 0 Å². The highest BCUT2D eigenvalue weighted by Gasteiger charge is 2.16. The molecule has 3 heterocycles. The van der Waals surface area contributed by atoms with Crippen LogP contribution in [0.3, 0.4) is 0 Å². The molecule has 9 nitrogen and oxygen atoms in total. The molecule has 0 aliphatic carbocycles. The summed E-state index contributed by atoms with van der Waals surface area (Å²) >= 11 is 0. The molecule has 4 rings (SSSR count). The zero-order chi connectivity index (χ0) is 16.0. The van der Waals surface area contributed by atoms with Crippen LogP contribution in [0.2, 0.25) is 0 Å². The van der Waals surface area contributed by atoms with Crippen molar-refractivity contribution in [2.45, 2.75) is 13.5 Å². The second-order valence-corrected chi connectivity index (χ2v) is 5.11. The van der Waals surface area contributed by atoms with Crippen LogP contribution in [-0.4, -0.2) is 34.3 Å². The fourth-order valence-corrected chi connectivity index (χ4v) is 2.50. The van der Waals surface area contributed by atoms with Gasteiger partial charge in [-0.05, 0) is 19.1 Å². The van der Waals surface area contributed by atoms with Crippen molar-refractivity contribution in [3.8, 4) is 0 Å². The predicted octanol–water partition coefficient (Wildman–Crippen LogP) is 1.74. The average Bonchev–Trinajstić information content (AvgIpc) is 3.10. The number of nitro groups is 1. The van der Waals surface area contributed by atoms with Crippen LogP contribution in [0, 0.1) is 17.0 Å². The Morgan fingerprint density at radius 3 is 2.87 bits per heavy atom. The molecule has 0 saturated carbocycles. The molecule has 0 bridgehead atoms. The fourth-order valence-electron chi connectivity index (χ4n) is 2.50. The quantitative estimate of drug-likeness (QED) is 0.421. The van der Waals surface area contributed by atoms with E-state index in [0.29, 0.717) is 17.2 Å². The van der Waals surface area contributed by atoms with Gasteiger partial charge in [-0.1, -0.05) is 12.1 Å². The molecule has 0 aliphatic rings. The van der Waals surface area contributed by atoms with E-state index in [0.717, 1.165) is 10.9 Å². The summed E-state index contributed by atoms with van der Waals surface area (Å²) in [5, 5.41) is 20.3. The summed E-state index contributed by atoms with van der Waals surface area (Å²) < 4.78 is 3.07. The highest BCUT2D eigenvalue weighted by molar-refractivity contribution is 5.90. The Morgan fingerprint density at radius 2 is 2.09 bits per heavy atom. The second-order valence-electron chi connectivity index (χ2n) is 5.11. The minimum atomic E-state index is -0.451. The number of aryl methyl sites for hydroxylation is 1. The second kappa shape index (κ2) is 4.83. The van der Waals surface area contributed by atoms with Crippen LogP contribution in [0.1, 0.15) is 11.5 Å². The molecule has 0 amide bonds. The van der Waals surface area contributed by atoms with Crippen LogP contribution in [0.4, 0.5) is 5.69 Å². The molecule has 4 aromatic rings. The van der Waals surface area contributed by atoms with Gasteiger partial charge in [0.25, 0.3) is 0 Å². The lowest BCUT2D eigenvalue weighted by molar-refractivity contribution is -0.385. The van der Waals surface area contributed by atoms with E-state index in [1.54, 1.807) is 17.8 Å². The zero-order valence-electron chi connectivity index (χ0n) is 12.1. The van der Waals surface area contributed by atoms with Crippen molar-refractivity contribution in [3.63, 3.8) is 0 Å². The first-order chi connectivity index (χ1) is 11.1. The number of para-hydroxylation sites is 1. The molecule has 9 heteroatoms. The maximum atomic E-state index is 10.9. The Hall–Kier alpha value is -3.36. The Labute approximate surface area is 129 Å². The molecule has 0 unspecified atom stereocenters. The Balaban J connectivity index is 1.76. The van der Waals surface area contributed by atoms with E-state index >= 15 is 0 Å². The molecule has 0 N–H and O–H groups in total. The standard InChI is InChI=1S/C14H11N7O2/c1-9-12(21(22)23)6-19(17-9)7-13-16-14-10-4-2-3-5-11(10)15-8-20(14)18-13/h2-6,8H,7H2,1H3. The highest BCUT2D eigenvalue weighted by atomic mass is 16.6. The molecular weight excluding hydrogens is 298 g/mol. The minimum absolute atomic E-state index is 0.0131. The number of rotatable bonds is 3. The van der Waals surface area contributed by atoms with E-state index in [1.807, 2.05) is 24.3 Å². The summed E-state index contributed by atoms with van der Waals surface area (Å²) in [7, 11) is 0. The van der Waals surface area contributed by atoms with Crippen molar-refractivity contribution in [3.05, 3.63) is 58.4 Å². The van der Waals surface area contributed by atoms with Crippen LogP contribution in [0.5, 0.6) is 0 Å². The third-order valence-corrected chi connectivity index (χ3v) is 3.55. The van der Waals surface area contributed by atoms with E-state index in [2.05, 4.69) is 20.2 Å². The van der Waals surface area contributed by atoms with Crippen LogP contribution >= 0.6 is 0 Å². The van der Waals surface area contributed by atoms with Gasteiger partial charge in [-0.15, -0.1) is 5.10 Å². The topological polar surface area (TPSA) is 104 Å². The van der Waals surface area contributed by atoms with E-state index in [4.69, 9.17) is 0 Å². The van der Waals surface area contributed by atoms with Crippen LogP contribution in [-0.2, 0) is 6.54 Å². The van der Waals surface area contributed by atoms with E-state index in [9.17, 15) is 10.1 Å². The van der Waals surface area contributed by atoms with Gasteiger partial charge in [-0.2, -0.15) is 5.10 Å². The van der Waals surface area contributed by atoms with Gasteiger partial charge in [0.1, 0.15) is 24.8 Å². The molecule has 23 heavy (non-hydrogen) atoms. The third-order valence-electron chi connectivity index (χ3n) is 3.55. The number of hydrogen-bond donors (Lipinski definition) is 0. The Morgan fingerprint density at radius 1 is 1.26 bits per heavy atom. The summed E-state index contributed by atoms with van der Waals surface area (Å²) in [6.45, 7) is 1.86. The SMILES string of the molecule is Cc1nn(Cc2nc3c4ccccc4ncn3n2)cc1[N+](=O)[O-]. The van der Waals surface area contributed by atoms with Crippen molar-refractivity contribution in [1.82, 2.24) is 29.4 Å². The fraction of sp³-hybridized carbons (Fsp3) is 0.143. The lowest BCUT2D eigenvalue weighted by Crippen LogP contribution is -2.02. The Kier molecular flexibility index (Phi) is 2.80. The van der Waals surface area contributed by atoms with Crippen molar-refractivity contribution in [2.24, 2.45) is 0 Å². The third kappa shape index (κ3) is 2.18. The Bertz CT molecular complexity index is 1050. The van der Waals surface area contributed by atoms with Crippen LogP contribution in [0.25, 0.3) is 16.6 Å². The van der Waals surface area contributed by atoms with E-state index in [-0.39, 0.29) is 12.2 Å². The van der Waals surface area contributed by atoms with Gasteiger partial charge < -0.3 is 0 Å². The van der Waals surface area contributed by atoms with Gasteiger partial charge in [-0.3, -0.25) is 14.8 Å². The monoisotopic (exact) mass is 309 g/mol. The molecule has 0 aliphatic heterocycles. The van der Waals surface area contributed by atoms with Gasteiger partial charge in [0.15, 0.2) is 11.5 Å². The first-order valence-corrected chi connectivity index (χ1v) is 6.89. The van der Waals surface area contributed by atoms with Crippen molar-refractivity contribution in [1.29, 1.82) is 0 Å². The normalized spacial score (nSPS) is 11.3. The van der Waals surface area contributed by atoms with Crippen molar-refractivity contribution < 1.29 is 4.92 Å². The van der Waals surface area contributed by atoms with Gasteiger partial charge in [0, 0.05) is 5.39 Å². The summed E-state index contributed by atoms with van der Waals surface area (Å²) in [5.41, 5.74) is 1.89. The lowest BCUT2D eigenvalue weighted by Gasteiger charge is -1.96. The number of benzene rings is 1. The van der Waals surface area contributed by atoms with Gasteiger partial charge in [0.2, 0.25) is 0 Å². The first-order valence-electron chi connectivity index (χ1n) is 6.89. The van der Waals surface area contributed by atoms with Gasteiger partial charge in [0.05, 0.1) is 10.4 Å². The molecule has 0 atom stereocenters. The predicted molar refractivity (Wildman–Crippen MR) is 81.0 cm³/mol. The summed E-state index contributed by atoms with van der Waals surface area (Å²) in [5.74, 6) is 0.514. The number of fused-ring (bicyclic) bond motifs is 3. The molecule has 0 radical (unpaired) electrons. The molecular formula is C14H11N7O2. The van der Waals surface area contributed by atoms with E-state index < -0.39 is 4.92 Å². The highest BCUT2D eigenvalue weighted by Crippen LogP contribution is 2.18. The smallest absolute Gasteiger partial charge is 0.258 e. The largest absolute Gasteiger partial charge is 0.309 e. The average molecular weight is 309 g/mol. The zero-order valence-corrected chi connectivity index (χ0v) is 12.1. The molecule has 0 fully saturated rings. The molecule has 114 valence electrons. The molecule has 3 aromatic heterocycles. The number of aromatic nitrogens is 6. The first kappa shape index (κ1) is 13.3. The molecule has 1 aromatic carbocycles. The number of hydrogen-bond acceptors (Lipinski definition) is 6. The number of nitrogens with zero attached hydrogens (tertiary/aromatic N) is 7. The van der Waals surface area contributed by atoms with Gasteiger partial charge in [-0.25, -0.2) is 14.5 Å². The molecule has 0 spiro atoms. The summed E-state index contributed by atoms with van der Waals surface area (Å²) in [6.07, 6.45) is 2.99. The minimum Gasteiger partial charge on any atom is -0.258 e. The van der Waals surface area contributed by atoms with Crippen LogP contribution < -0.4 is 0 Å².